The molecule has 0 saturated carbocycles. The molecule has 2 heterocycles. The molecular formula is C14H23N3O. The normalized spacial score (nSPS) is 24.4. The van der Waals surface area contributed by atoms with Crippen molar-refractivity contribution in [2.24, 2.45) is 5.73 Å². The molecule has 1 aliphatic heterocycles. The number of morpholine rings is 1. The molecule has 4 heteroatoms. The highest BCUT2D eigenvalue weighted by molar-refractivity contribution is 5.52. The fourth-order valence-corrected chi connectivity index (χ4v) is 2.71. The van der Waals surface area contributed by atoms with Gasteiger partial charge in [-0.3, -0.25) is 0 Å². The standard InChI is InChI=1S/C14H23N3O/c1-9-5-10(2)16-14(13(9)6-15)17-7-11(3)18-12(4)8-17/h5,11-12H,6-8,15H2,1-4H3/t11-,12+. The molecule has 0 radical (unpaired) electrons. The molecule has 4 nitrogen and oxygen atoms in total. The van der Waals surface area contributed by atoms with Gasteiger partial charge in [0, 0.05) is 30.9 Å². The lowest BCUT2D eigenvalue weighted by Crippen LogP contribution is -2.46. The molecule has 2 rings (SSSR count). The van der Waals surface area contributed by atoms with Crippen molar-refractivity contribution < 1.29 is 4.74 Å². The molecule has 1 aromatic heterocycles. The number of ether oxygens (including phenoxy) is 1. The van der Waals surface area contributed by atoms with Gasteiger partial charge in [-0.15, -0.1) is 0 Å². The minimum atomic E-state index is 0.238. The fraction of sp³-hybridized carbons (Fsp3) is 0.643. The summed E-state index contributed by atoms with van der Waals surface area (Å²) in [7, 11) is 0. The predicted molar refractivity (Wildman–Crippen MR) is 73.8 cm³/mol. The molecule has 0 amide bonds. The fourth-order valence-electron chi connectivity index (χ4n) is 2.71. The SMILES string of the molecule is Cc1cc(C)c(CN)c(N2C[C@@H](C)O[C@@H](C)C2)n1. The summed E-state index contributed by atoms with van der Waals surface area (Å²) in [6.45, 7) is 10.6. The van der Waals surface area contributed by atoms with E-state index < -0.39 is 0 Å². The van der Waals surface area contributed by atoms with Crippen molar-refractivity contribution in [1.29, 1.82) is 0 Å². The third-order valence-electron chi connectivity index (χ3n) is 3.38. The van der Waals surface area contributed by atoms with Crippen LogP contribution in [0.15, 0.2) is 6.07 Å². The zero-order chi connectivity index (χ0) is 13.3. The molecule has 18 heavy (non-hydrogen) atoms. The Labute approximate surface area is 109 Å². The van der Waals surface area contributed by atoms with Gasteiger partial charge in [0.2, 0.25) is 0 Å². The van der Waals surface area contributed by atoms with Crippen molar-refractivity contribution in [3.8, 4) is 0 Å². The number of rotatable bonds is 2. The third kappa shape index (κ3) is 2.65. The Kier molecular flexibility index (Phi) is 3.88. The molecule has 2 atom stereocenters. The second-order valence-electron chi connectivity index (χ2n) is 5.25. The van der Waals surface area contributed by atoms with Crippen molar-refractivity contribution in [2.75, 3.05) is 18.0 Å². The Hall–Kier alpha value is -1.13. The van der Waals surface area contributed by atoms with E-state index in [1.54, 1.807) is 0 Å². The van der Waals surface area contributed by atoms with Crippen LogP contribution in [0.5, 0.6) is 0 Å². The van der Waals surface area contributed by atoms with Crippen LogP contribution >= 0.6 is 0 Å². The summed E-state index contributed by atoms with van der Waals surface area (Å²) < 4.78 is 5.77. The largest absolute Gasteiger partial charge is 0.372 e. The van der Waals surface area contributed by atoms with E-state index in [1.165, 1.54) is 5.56 Å². The second kappa shape index (κ2) is 5.24. The van der Waals surface area contributed by atoms with E-state index in [9.17, 15) is 0 Å². The summed E-state index contributed by atoms with van der Waals surface area (Å²) in [4.78, 5) is 6.99. The second-order valence-corrected chi connectivity index (χ2v) is 5.25. The number of hydrogen-bond donors (Lipinski definition) is 1. The number of aromatic nitrogens is 1. The maximum absolute atomic E-state index is 5.88. The van der Waals surface area contributed by atoms with Crippen LogP contribution in [0.3, 0.4) is 0 Å². The van der Waals surface area contributed by atoms with Gasteiger partial charge in [-0.2, -0.15) is 0 Å². The van der Waals surface area contributed by atoms with Crippen LogP contribution < -0.4 is 10.6 Å². The highest BCUT2D eigenvalue weighted by Gasteiger charge is 2.25. The highest BCUT2D eigenvalue weighted by atomic mass is 16.5. The quantitative estimate of drug-likeness (QED) is 0.868. The Bertz CT molecular complexity index is 423. The van der Waals surface area contributed by atoms with Crippen molar-refractivity contribution in [1.82, 2.24) is 4.98 Å². The number of nitrogens with two attached hydrogens (primary N) is 1. The van der Waals surface area contributed by atoms with Gasteiger partial charge in [-0.25, -0.2) is 4.98 Å². The highest BCUT2D eigenvalue weighted by Crippen LogP contribution is 2.25. The number of anilines is 1. The first-order chi connectivity index (χ1) is 8.51. The molecular weight excluding hydrogens is 226 g/mol. The maximum Gasteiger partial charge on any atom is 0.133 e. The molecule has 0 aliphatic carbocycles. The summed E-state index contributed by atoms with van der Waals surface area (Å²) in [5.41, 5.74) is 9.31. The van der Waals surface area contributed by atoms with E-state index in [-0.39, 0.29) is 12.2 Å². The summed E-state index contributed by atoms with van der Waals surface area (Å²) >= 11 is 0. The van der Waals surface area contributed by atoms with E-state index in [0.717, 1.165) is 30.2 Å². The Morgan fingerprint density at radius 1 is 1.33 bits per heavy atom. The van der Waals surface area contributed by atoms with Crippen molar-refractivity contribution in [2.45, 2.75) is 46.4 Å². The number of aryl methyl sites for hydroxylation is 2. The molecule has 2 N–H and O–H groups in total. The smallest absolute Gasteiger partial charge is 0.133 e. The molecule has 1 saturated heterocycles. The lowest BCUT2D eigenvalue weighted by Gasteiger charge is -2.37. The summed E-state index contributed by atoms with van der Waals surface area (Å²) in [5.74, 6) is 1.04. The van der Waals surface area contributed by atoms with Gasteiger partial charge < -0.3 is 15.4 Å². The molecule has 100 valence electrons. The minimum Gasteiger partial charge on any atom is -0.372 e. The monoisotopic (exact) mass is 249 g/mol. The molecule has 1 aliphatic rings. The first kappa shape index (κ1) is 13.3. The molecule has 0 bridgehead atoms. The van der Waals surface area contributed by atoms with Crippen molar-refractivity contribution in [3.63, 3.8) is 0 Å². The van der Waals surface area contributed by atoms with Crippen LogP contribution in [-0.2, 0) is 11.3 Å². The van der Waals surface area contributed by atoms with E-state index in [0.29, 0.717) is 6.54 Å². The van der Waals surface area contributed by atoms with Crippen molar-refractivity contribution in [3.05, 3.63) is 22.9 Å². The van der Waals surface area contributed by atoms with Crippen LogP contribution in [0.25, 0.3) is 0 Å². The van der Waals surface area contributed by atoms with E-state index in [4.69, 9.17) is 10.5 Å². The minimum absolute atomic E-state index is 0.238. The van der Waals surface area contributed by atoms with Gasteiger partial charge in [0.05, 0.1) is 12.2 Å². The van der Waals surface area contributed by atoms with Crippen molar-refractivity contribution >= 4 is 5.82 Å². The number of nitrogens with zero attached hydrogens (tertiary/aromatic N) is 2. The first-order valence-corrected chi connectivity index (χ1v) is 6.59. The van der Waals surface area contributed by atoms with E-state index >= 15 is 0 Å². The average Bonchev–Trinajstić information content (AvgIpc) is 2.26. The number of pyridine rings is 1. The van der Waals surface area contributed by atoms with Gasteiger partial charge in [-0.05, 0) is 39.3 Å². The maximum atomic E-state index is 5.88. The average molecular weight is 249 g/mol. The predicted octanol–water partition coefficient (Wildman–Crippen LogP) is 1.77. The topological polar surface area (TPSA) is 51.4 Å². The van der Waals surface area contributed by atoms with Crippen LogP contribution in [0, 0.1) is 13.8 Å². The zero-order valence-corrected chi connectivity index (χ0v) is 11.7. The lowest BCUT2D eigenvalue weighted by molar-refractivity contribution is -0.00551. The summed E-state index contributed by atoms with van der Waals surface area (Å²) in [6.07, 6.45) is 0.476. The molecule has 1 aromatic rings. The van der Waals surface area contributed by atoms with E-state index in [2.05, 4.69) is 36.7 Å². The first-order valence-electron chi connectivity index (χ1n) is 6.59. The van der Waals surface area contributed by atoms with E-state index in [1.807, 2.05) is 6.92 Å². The number of hydrogen-bond acceptors (Lipinski definition) is 4. The van der Waals surface area contributed by atoms with Crippen LogP contribution in [0.1, 0.15) is 30.7 Å². The van der Waals surface area contributed by atoms with Crippen LogP contribution in [0.2, 0.25) is 0 Å². The summed E-state index contributed by atoms with van der Waals surface area (Å²) in [6, 6.07) is 2.10. The van der Waals surface area contributed by atoms with Gasteiger partial charge in [0.15, 0.2) is 0 Å². The zero-order valence-electron chi connectivity index (χ0n) is 11.7. The lowest BCUT2D eigenvalue weighted by atomic mass is 10.1. The van der Waals surface area contributed by atoms with Gasteiger partial charge in [0.25, 0.3) is 0 Å². The molecule has 0 spiro atoms. The Balaban J connectivity index is 2.37. The molecule has 0 unspecified atom stereocenters. The molecule has 1 fully saturated rings. The third-order valence-corrected chi connectivity index (χ3v) is 3.38. The van der Waals surface area contributed by atoms with Crippen LogP contribution in [-0.4, -0.2) is 30.3 Å². The van der Waals surface area contributed by atoms with Gasteiger partial charge >= 0.3 is 0 Å². The summed E-state index contributed by atoms with van der Waals surface area (Å²) in [5, 5.41) is 0. The van der Waals surface area contributed by atoms with Gasteiger partial charge in [-0.1, -0.05) is 0 Å². The Morgan fingerprint density at radius 2 is 1.94 bits per heavy atom. The van der Waals surface area contributed by atoms with Gasteiger partial charge in [0.1, 0.15) is 5.82 Å². The molecule has 0 aromatic carbocycles. The Morgan fingerprint density at radius 3 is 2.50 bits per heavy atom. The van der Waals surface area contributed by atoms with Crippen LogP contribution in [0.4, 0.5) is 5.82 Å².